The molecule has 1 aliphatic heterocycles. The molecule has 0 radical (unpaired) electrons. The molecular formula is C30H36N3O4P. The van der Waals surface area contributed by atoms with E-state index in [1.54, 1.807) is 32.0 Å². The Hall–Kier alpha value is -3.22. The molecule has 0 aromatic heterocycles. The van der Waals surface area contributed by atoms with Gasteiger partial charge in [-0.3, -0.25) is 9.36 Å². The fraction of sp³-hybridized carbons (Fsp3) is 0.300. The summed E-state index contributed by atoms with van der Waals surface area (Å²) in [4.78, 5) is 13.3. The Morgan fingerprint density at radius 1 is 0.921 bits per heavy atom. The zero-order valence-corrected chi connectivity index (χ0v) is 23.1. The molecule has 0 fully saturated rings. The molecular weight excluding hydrogens is 497 g/mol. The van der Waals surface area contributed by atoms with E-state index in [1.165, 1.54) is 12.0 Å². The van der Waals surface area contributed by atoms with Crippen molar-refractivity contribution in [3.05, 3.63) is 89.5 Å². The minimum Gasteiger partial charge on any atom is -0.354 e. The molecule has 0 spiro atoms. The lowest BCUT2D eigenvalue weighted by molar-refractivity contribution is -0.110. The maximum Gasteiger partial charge on any atom is 0.361 e. The average Bonchev–Trinajstić information content (AvgIpc) is 3.26. The van der Waals surface area contributed by atoms with E-state index in [1.807, 2.05) is 42.5 Å². The van der Waals surface area contributed by atoms with E-state index in [2.05, 4.69) is 35.0 Å². The van der Waals surface area contributed by atoms with E-state index >= 15 is 0 Å². The molecule has 3 aromatic carbocycles. The van der Waals surface area contributed by atoms with Crippen molar-refractivity contribution < 1.29 is 18.4 Å². The second kappa shape index (κ2) is 13.0. The van der Waals surface area contributed by atoms with Crippen LogP contribution in [0.2, 0.25) is 0 Å². The van der Waals surface area contributed by atoms with Crippen LogP contribution in [0.3, 0.4) is 0 Å². The molecule has 7 nitrogen and oxygen atoms in total. The molecule has 8 heteroatoms. The van der Waals surface area contributed by atoms with E-state index in [0.29, 0.717) is 27.8 Å². The number of nitrogens with one attached hydrogen (secondary N) is 3. The highest BCUT2D eigenvalue weighted by atomic mass is 31.2. The summed E-state index contributed by atoms with van der Waals surface area (Å²) in [5.74, 6) is -0.233. The Labute approximate surface area is 225 Å². The number of benzene rings is 3. The normalized spacial score (nSPS) is 14.2. The molecule has 1 aliphatic rings. The average molecular weight is 534 g/mol. The van der Waals surface area contributed by atoms with Gasteiger partial charge in [0.15, 0.2) is 0 Å². The lowest BCUT2D eigenvalue weighted by Crippen LogP contribution is -2.14. The van der Waals surface area contributed by atoms with Gasteiger partial charge >= 0.3 is 7.60 Å². The Morgan fingerprint density at radius 3 is 2.29 bits per heavy atom. The van der Waals surface area contributed by atoms with Gasteiger partial charge in [0.25, 0.3) is 5.91 Å². The molecule has 3 N–H and O–H groups in total. The molecule has 0 unspecified atom stereocenters. The minimum absolute atomic E-state index is 0.233. The fourth-order valence-electron chi connectivity index (χ4n) is 4.37. The van der Waals surface area contributed by atoms with Gasteiger partial charge in [-0.05, 0) is 68.3 Å². The van der Waals surface area contributed by atoms with Gasteiger partial charge in [-0.2, -0.15) is 0 Å². The van der Waals surface area contributed by atoms with E-state index in [4.69, 9.17) is 9.05 Å². The number of anilines is 2. The summed E-state index contributed by atoms with van der Waals surface area (Å²) >= 11 is 0. The fourth-order valence-corrected chi connectivity index (χ4v) is 5.97. The standard InChI is InChI=1S/C30H36N3O4P/c1-4-7-19-31-21-22-13-15-24(16-14-22)32-29(23-11-9-8-10-12-23)28-26-20-25(17-18-27(26)33-30(28)34)38(35,36-5-2)37-6-3/h8-18,20,31-32H,4-7,19,21H2,1-3H3,(H,33,34)/b29-28-. The van der Waals surface area contributed by atoms with Crippen molar-refractivity contribution in [3.63, 3.8) is 0 Å². The Morgan fingerprint density at radius 2 is 1.63 bits per heavy atom. The van der Waals surface area contributed by atoms with Crippen LogP contribution in [0.25, 0.3) is 11.3 Å². The number of hydrogen-bond donors (Lipinski definition) is 3. The number of fused-ring (bicyclic) bond motifs is 1. The number of hydrogen-bond acceptors (Lipinski definition) is 6. The number of unbranched alkanes of at least 4 members (excludes halogenated alkanes) is 1. The van der Waals surface area contributed by atoms with Gasteiger partial charge in [0.1, 0.15) is 0 Å². The van der Waals surface area contributed by atoms with Crippen molar-refractivity contribution in [3.8, 4) is 0 Å². The van der Waals surface area contributed by atoms with Crippen LogP contribution in [0.5, 0.6) is 0 Å². The zero-order valence-electron chi connectivity index (χ0n) is 22.3. The summed E-state index contributed by atoms with van der Waals surface area (Å²) in [6.45, 7) is 8.03. The maximum absolute atomic E-state index is 13.5. The van der Waals surface area contributed by atoms with Gasteiger partial charge in [0.05, 0.1) is 29.8 Å². The van der Waals surface area contributed by atoms with Gasteiger partial charge in [-0.1, -0.05) is 55.8 Å². The third-order valence-electron chi connectivity index (χ3n) is 6.23. The molecule has 4 rings (SSSR count). The van der Waals surface area contributed by atoms with Crippen LogP contribution >= 0.6 is 7.60 Å². The SMILES string of the molecule is CCCCNCc1ccc(N/C(=C2\C(=O)Nc3ccc(P(=O)(OCC)OCC)cc32)c2ccccc2)cc1. The van der Waals surface area contributed by atoms with Crippen molar-refractivity contribution in [2.45, 2.75) is 40.2 Å². The first-order valence-electron chi connectivity index (χ1n) is 13.2. The number of rotatable bonds is 13. The largest absolute Gasteiger partial charge is 0.361 e. The smallest absolute Gasteiger partial charge is 0.354 e. The van der Waals surface area contributed by atoms with Crippen LogP contribution in [0.1, 0.15) is 50.3 Å². The first-order valence-corrected chi connectivity index (χ1v) is 14.7. The predicted molar refractivity (Wildman–Crippen MR) is 155 cm³/mol. The minimum atomic E-state index is -3.53. The molecule has 0 aliphatic carbocycles. The summed E-state index contributed by atoms with van der Waals surface area (Å²) in [5.41, 5.74) is 5.34. The molecule has 200 valence electrons. The van der Waals surface area contributed by atoms with Gasteiger partial charge in [-0.15, -0.1) is 0 Å². The van der Waals surface area contributed by atoms with Gasteiger partial charge in [0, 0.05) is 23.5 Å². The van der Waals surface area contributed by atoms with Crippen molar-refractivity contribution >= 4 is 41.5 Å². The predicted octanol–water partition coefficient (Wildman–Crippen LogP) is 6.40. The summed E-state index contributed by atoms with van der Waals surface area (Å²) in [6.07, 6.45) is 2.32. The monoisotopic (exact) mass is 533 g/mol. The third kappa shape index (κ3) is 6.43. The summed E-state index contributed by atoms with van der Waals surface area (Å²) < 4.78 is 24.6. The van der Waals surface area contributed by atoms with Crippen molar-refractivity contribution in [1.82, 2.24) is 5.32 Å². The van der Waals surface area contributed by atoms with E-state index in [0.717, 1.165) is 30.8 Å². The number of carbonyl (C=O) groups is 1. The maximum atomic E-state index is 13.5. The zero-order chi connectivity index (χ0) is 27.0. The highest BCUT2D eigenvalue weighted by Gasteiger charge is 2.33. The first-order chi connectivity index (χ1) is 18.5. The molecule has 0 saturated heterocycles. The van der Waals surface area contributed by atoms with Gasteiger partial charge < -0.3 is 25.0 Å². The molecule has 0 atom stereocenters. The molecule has 1 heterocycles. The Balaban J connectivity index is 1.73. The van der Waals surface area contributed by atoms with Crippen molar-refractivity contribution in [2.75, 3.05) is 30.4 Å². The van der Waals surface area contributed by atoms with Crippen LogP contribution in [-0.2, 0) is 25.0 Å². The van der Waals surface area contributed by atoms with E-state index in [9.17, 15) is 9.36 Å². The van der Waals surface area contributed by atoms with Crippen molar-refractivity contribution in [1.29, 1.82) is 0 Å². The van der Waals surface area contributed by atoms with E-state index in [-0.39, 0.29) is 19.1 Å². The second-order valence-corrected chi connectivity index (χ2v) is 11.0. The third-order valence-corrected chi connectivity index (χ3v) is 8.34. The number of amides is 1. The highest BCUT2D eigenvalue weighted by Crippen LogP contribution is 2.48. The highest BCUT2D eigenvalue weighted by molar-refractivity contribution is 7.62. The van der Waals surface area contributed by atoms with Gasteiger partial charge in [0.2, 0.25) is 0 Å². The van der Waals surface area contributed by atoms with Crippen LogP contribution in [0.15, 0.2) is 72.8 Å². The van der Waals surface area contributed by atoms with Crippen LogP contribution in [-0.4, -0.2) is 25.7 Å². The first kappa shape index (κ1) is 27.8. The summed E-state index contributed by atoms with van der Waals surface area (Å²) in [7, 11) is -3.53. The molecule has 0 bridgehead atoms. The van der Waals surface area contributed by atoms with E-state index < -0.39 is 7.60 Å². The van der Waals surface area contributed by atoms with Crippen LogP contribution < -0.4 is 21.3 Å². The summed E-state index contributed by atoms with van der Waals surface area (Å²) in [6, 6.07) is 23.1. The molecule has 3 aromatic rings. The van der Waals surface area contributed by atoms with Crippen LogP contribution in [0, 0.1) is 0 Å². The molecule has 38 heavy (non-hydrogen) atoms. The molecule has 0 saturated carbocycles. The Kier molecular flexibility index (Phi) is 9.53. The number of carbonyl (C=O) groups excluding carboxylic acids is 1. The second-order valence-electron chi connectivity index (χ2n) is 8.99. The van der Waals surface area contributed by atoms with Crippen LogP contribution in [0.4, 0.5) is 11.4 Å². The lowest BCUT2D eigenvalue weighted by Gasteiger charge is -2.18. The summed E-state index contributed by atoms with van der Waals surface area (Å²) in [5, 5.41) is 10.3. The van der Waals surface area contributed by atoms with Gasteiger partial charge in [-0.25, -0.2) is 0 Å². The quantitative estimate of drug-likeness (QED) is 0.134. The topological polar surface area (TPSA) is 88.7 Å². The molecule has 1 amide bonds. The Bertz CT molecular complexity index is 1310. The lowest BCUT2D eigenvalue weighted by atomic mass is 10.00. The van der Waals surface area contributed by atoms with Crippen molar-refractivity contribution in [2.24, 2.45) is 0 Å².